The van der Waals surface area contributed by atoms with Crippen molar-refractivity contribution in [1.29, 1.82) is 0 Å². The molecule has 0 radical (unpaired) electrons. The summed E-state index contributed by atoms with van der Waals surface area (Å²) in [6, 6.07) is 5.56. The number of nitrogens with zero attached hydrogens (tertiary/aromatic N) is 3. The number of hydrogen-bond donors (Lipinski definition) is 1. The Labute approximate surface area is 88.2 Å². The smallest absolute Gasteiger partial charge is 0.159 e. The predicted octanol–water partition coefficient (Wildman–Crippen LogP) is 1.63. The van der Waals surface area contributed by atoms with Crippen LogP contribution in [0, 0.1) is 6.92 Å². The van der Waals surface area contributed by atoms with E-state index in [2.05, 4.69) is 10.1 Å². The van der Waals surface area contributed by atoms with Crippen molar-refractivity contribution >= 4 is 0 Å². The predicted molar refractivity (Wildman–Crippen MR) is 56.7 cm³/mol. The van der Waals surface area contributed by atoms with E-state index in [4.69, 9.17) is 0 Å². The molecule has 1 atom stereocenters. The highest BCUT2D eigenvalue weighted by Crippen LogP contribution is 2.18. The number of aromatic nitrogens is 3. The van der Waals surface area contributed by atoms with E-state index < -0.39 is 6.10 Å². The molecule has 4 heteroatoms. The third-order valence-electron chi connectivity index (χ3n) is 2.21. The van der Waals surface area contributed by atoms with E-state index in [-0.39, 0.29) is 0 Å². The minimum absolute atomic E-state index is 0.543. The first kappa shape index (κ1) is 9.86. The van der Waals surface area contributed by atoms with Gasteiger partial charge < -0.3 is 5.11 Å². The van der Waals surface area contributed by atoms with Gasteiger partial charge in [-0.05, 0) is 26.0 Å². The van der Waals surface area contributed by atoms with Crippen LogP contribution in [0.2, 0.25) is 0 Å². The molecule has 2 aromatic heterocycles. The molecule has 0 amide bonds. The molecule has 0 fully saturated rings. The van der Waals surface area contributed by atoms with Crippen molar-refractivity contribution in [2.75, 3.05) is 0 Å². The van der Waals surface area contributed by atoms with Gasteiger partial charge in [-0.2, -0.15) is 5.10 Å². The quantitative estimate of drug-likeness (QED) is 0.807. The molecule has 2 rings (SSSR count). The molecular formula is C11H13N3O. The van der Waals surface area contributed by atoms with Crippen LogP contribution in [-0.4, -0.2) is 19.9 Å². The first-order chi connectivity index (χ1) is 7.18. The van der Waals surface area contributed by atoms with Gasteiger partial charge in [0.15, 0.2) is 5.82 Å². The molecular weight excluding hydrogens is 190 g/mol. The zero-order valence-electron chi connectivity index (χ0n) is 8.75. The summed E-state index contributed by atoms with van der Waals surface area (Å²) in [4.78, 5) is 4.22. The fraction of sp³-hybridized carbons (Fsp3) is 0.273. The van der Waals surface area contributed by atoms with Gasteiger partial charge in [0.1, 0.15) is 0 Å². The summed E-state index contributed by atoms with van der Waals surface area (Å²) >= 11 is 0. The second-order valence-corrected chi connectivity index (χ2v) is 3.49. The summed E-state index contributed by atoms with van der Waals surface area (Å²) in [5.74, 6) is 0.681. The Balaban J connectivity index is 2.52. The molecule has 0 bridgehead atoms. The fourth-order valence-electron chi connectivity index (χ4n) is 1.46. The lowest BCUT2D eigenvalue weighted by Gasteiger charge is -2.09. The molecule has 2 heterocycles. The molecule has 2 aromatic rings. The summed E-state index contributed by atoms with van der Waals surface area (Å²) in [7, 11) is 0. The molecule has 1 N–H and O–H groups in total. The van der Waals surface area contributed by atoms with Gasteiger partial charge in [0.05, 0.1) is 11.8 Å². The van der Waals surface area contributed by atoms with E-state index in [9.17, 15) is 5.11 Å². The van der Waals surface area contributed by atoms with Gasteiger partial charge >= 0.3 is 0 Å². The monoisotopic (exact) mass is 203 g/mol. The largest absolute Gasteiger partial charge is 0.389 e. The van der Waals surface area contributed by atoms with Crippen LogP contribution in [0.15, 0.2) is 30.6 Å². The minimum Gasteiger partial charge on any atom is -0.389 e. The Morgan fingerprint density at radius 1 is 1.40 bits per heavy atom. The Morgan fingerprint density at radius 3 is 2.80 bits per heavy atom. The second kappa shape index (κ2) is 3.82. The molecule has 0 aliphatic heterocycles. The van der Waals surface area contributed by atoms with E-state index in [1.165, 1.54) is 0 Å². The standard InChI is InChI=1S/C11H13N3O/c1-8-5-7-14(13-8)11-10(9(2)15)4-3-6-12-11/h3-7,9,15H,1-2H3. The van der Waals surface area contributed by atoms with Crippen LogP contribution in [0.25, 0.3) is 5.82 Å². The Morgan fingerprint density at radius 2 is 2.20 bits per heavy atom. The van der Waals surface area contributed by atoms with Gasteiger partial charge in [0.2, 0.25) is 0 Å². The zero-order valence-corrected chi connectivity index (χ0v) is 8.75. The van der Waals surface area contributed by atoms with Crippen molar-refractivity contribution in [3.63, 3.8) is 0 Å². The van der Waals surface area contributed by atoms with Gasteiger partial charge in [-0.15, -0.1) is 0 Å². The van der Waals surface area contributed by atoms with Gasteiger partial charge in [0, 0.05) is 18.0 Å². The minimum atomic E-state index is -0.543. The third-order valence-corrected chi connectivity index (χ3v) is 2.21. The zero-order chi connectivity index (χ0) is 10.8. The van der Waals surface area contributed by atoms with Crippen molar-refractivity contribution in [2.24, 2.45) is 0 Å². The van der Waals surface area contributed by atoms with Crippen LogP contribution in [0.1, 0.15) is 24.3 Å². The van der Waals surface area contributed by atoms with Gasteiger partial charge in [0.25, 0.3) is 0 Å². The summed E-state index contributed by atoms with van der Waals surface area (Å²) in [6.07, 6.45) is 2.99. The molecule has 4 nitrogen and oxygen atoms in total. The number of rotatable bonds is 2. The van der Waals surface area contributed by atoms with Gasteiger partial charge in [-0.3, -0.25) is 0 Å². The van der Waals surface area contributed by atoms with Crippen LogP contribution in [0.5, 0.6) is 0 Å². The maximum Gasteiger partial charge on any atom is 0.159 e. The van der Waals surface area contributed by atoms with Crippen LogP contribution in [0.4, 0.5) is 0 Å². The molecule has 0 aliphatic rings. The van der Waals surface area contributed by atoms with Crippen LogP contribution in [0.3, 0.4) is 0 Å². The molecule has 78 valence electrons. The summed E-state index contributed by atoms with van der Waals surface area (Å²) < 4.78 is 1.68. The fourth-order valence-corrected chi connectivity index (χ4v) is 1.46. The van der Waals surface area contributed by atoms with E-state index in [1.807, 2.05) is 31.3 Å². The molecule has 0 aliphatic carbocycles. The first-order valence-electron chi connectivity index (χ1n) is 4.84. The van der Waals surface area contributed by atoms with Gasteiger partial charge in [-0.1, -0.05) is 6.07 Å². The lowest BCUT2D eigenvalue weighted by Crippen LogP contribution is -2.05. The molecule has 0 aromatic carbocycles. The first-order valence-corrected chi connectivity index (χ1v) is 4.84. The number of hydrogen-bond acceptors (Lipinski definition) is 3. The van der Waals surface area contributed by atoms with Crippen LogP contribution >= 0.6 is 0 Å². The molecule has 0 saturated carbocycles. The SMILES string of the molecule is Cc1ccn(-c2ncccc2C(C)O)n1. The maximum absolute atomic E-state index is 9.59. The Bertz CT molecular complexity index is 462. The second-order valence-electron chi connectivity index (χ2n) is 3.49. The highest BCUT2D eigenvalue weighted by atomic mass is 16.3. The molecule has 0 saturated heterocycles. The summed E-state index contributed by atoms with van der Waals surface area (Å²) in [5.41, 5.74) is 1.71. The molecule has 15 heavy (non-hydrogen) atoms. The highest BCUT2D eigenvalue weighted by molar-refractivity contribution is 5.34. The van der Waals surface area contributed by atoms with Gasteiger partial charge in [-0.25, -0.2) is 9.67 Å². The lowest BCUT2D eigenvalue weighted by molar-refractivity contribution is 0.198. The summed E-state index contributed by atoms with van der Waals surface area (Å²) in [6.45, 7) is 3.64. The normalized spacial score (nSPS) is 12.7. The van der Waals surface area contributed by atoms with Crippen molar-refractivity contribution in [3.8, 4) is 5.82 Å². The van der Waals surface area contributed by atoms with Crippen molar-refractivity contribution < 1.29 is 5.11 Å². The molecule has 1 unspecified atom stereocenters. The average molecular weight is 203 g/mol. The van der Waals surface area contributed by atoms with Crippen molar-refractivity contribution in [1.82, 2.24) is 14.8 Å². The summed E-state index contributed by atoms with van der Waals surface area (Å²) in [5, 5.41) is 13.9. The average Bonchev–Trinajstić information content (AvgIpc) is 2.65. The molecule has 0 spiro atoms. The number of aryl methyl sites for hydroxylation is 1. The third kappa shape index (κ3) is 1.89. The van der Waals surface area contributed by atoms with E-state index in [1.54, 1.807) is 17.8 Å². The maximum atomic E-state index is 9.59. The van der Waals surface area contributed by atoms with E-state index in [0.717, 1.165) is 11.3 Å². The van der Waals surface area contributed by atoms with Crippen LogP contribution < -0.4 is 0 Å². The van der Waals surface area contributed by atoms with Crippen molar-refractivity contribution in [2.45, 2.75) is 20.0 Å². The highest BCUT2D eigenvalue weighted by Gasteiger charge is 2.10. The van der Waals surface area contributed by atoms with Crippen LogP contribution in [-0.2, 0) is 0 Å². The Kier molecular flexibility index (Phi) is 2.51. The topological polar surface area (TPSA) is 50.9 Å². The lowest BCUT2D eigenvalue weighted by atomic mass is 10.1. The number of pyridine rings is 1. The van der Waals surface area contributed by atoms with E-state index >= 15 is 0 Å². The number of aliphatic hydroxyl groups is 1. The van der Waals surface area contributed by atoms with E-state index in [0.29, 0.717) is 5.82 Å². The Hall–Kier alpha value is -1.68. The number of aliphatic hydroxyl groups excluding tert-OH is 1. The van der Waals surface area contributed by atoms with Crippen molar-refractivity contribution in [3.05, 3.63) is 41.9 Å².